The summed E-state index contributed by atoms with van der Waals surface area (Å²) >= 11 is 5.85. The standard InChI is InChI=1S/C13H10ClFN4/c1-8(9-2-4-10(15)5-3-9)19-13-11(6-17-19)16-7-12(14)18-13/h2-8H,1H3. The van der Waals surface area contributed by atoms with E-state index in [2.05, 4.69) is 15.1 Å². The fraction of sp³-hybridized carbons (Fsp3) is 0.154. The molecule has 0 spiro atoms. The van der Waals surface area contributed by atoms with E-state index in [0.29, 0.717) is 16.3 Å². The normalized spacial score (nSPS) is 12.8. The van der Waals surface area contributed by atoms with Crippen LogP contribution < -0.4 is 0 Å². The highest BCUT2D eigenvalue weighted by Crippen LogP contribution is 2.22. The summed E-state index contributed by atoms with van der Waals surface area (Å²) in [4.78, 5) is 8.38. The van der Waals surface area contributed by atoms with Gasteiger partial charge < -0.3 is 0 Å². The number of fused-ring (bicyclic) bond motifs is 1. The largest absolute Gasteiger partial charge is 0.248 e. The Morgan fingerprint density at radius 3 is 2.68 bits per heavy atom. The van der Waals surface area contributed by atoms with Crippen molar-refractivity contribution in [1.29, 1.82) is 0 Å². The molecule has 0 radical (unpaired) electrons. The first-order valence-electron chi connectivity index (χ1n) is 5.76. The molecule has 1 aromatic carbocycles. The summed E-state index contributed by atoms with van der Waals surface area (Å²) in [5, 5.41) is 4.59. The Hall–Kier alpha value is -2.01. The topological polar surface area (TPSA) is 43.6 Å². The average molecular weight is 277 g/mol. The van der Waals surface area contributed by atoms with Crippen molar-refractivity contribution >= 4 is 22.8 Å². The molecule has 19 heavy (non-hydrogen) atoms. The summed E-state index contributed by atoms with van der Waals surface area (Å²) in [5.41, 5.74) is 2.23. The molecule has 96 valence electrons. The molecule has 2 heterocycles. The van der Waals surface area contributed by atoms with Gasteiger partial charge in [0.15, 0.2) is 5.65 Å². The van der Waals surface area contributed by atoms with Crippen LogP contribution in [0, 0.1) is 5.82 Å². The Bertz CT molecular complexity index is 723. The first-order valence-corrected chi connectivity index (χ1v) is 6.14. The molecule has 0 aliphatic rings. The van der Waals surface area contributed by atoms with Crippen molar-refractivity contribution in [2.75, 3.05) is 0 Å². The second-order valence-electron chi connectivity index (χ2n) is 4.22. The van der Waals surface area contributed by atoms with Gasteiger partial charge in [-0.3, -0.25) is 0 Å². The number of rotatable bonds is 2. The summed E-state index contributed by atoms with van der Waals surface area (Å²) in [6.07, 6.45) is 3.12. The van der Waals surface area contributed by atoms with E-state index < -0.39 is 0 Å². The lowest BCUT2D eigenvalue weighted by Crippen LogP contribution is -2.09. The SMILES string of the molecule is CC(c1ccc(F)cc1)n1ncc2ncc(Cl)nc21. The van der Waals surface area contributed by atoms with Crippen LogP contribution in [0.2, 0.25) is 5.15 Å². The van der Waals surface area contributed by atoms with Gasteiger partial charge in [0.2, 0.25) is 0 Å². The smallest absolute Gasteiger partial charge is 0.178 e. The molecule has 0 bridgehead atoms. The van der Waals surface area contributed by atoms with Crippen molar-refractivity contribution in [3.63, 3.8) is 0 Å². The van der Waals surface area contributed by atoms with Crippen LogP contribution in [0.15, 0.2) is 36.7 Å². The van der Waals surface area contributed by atoms with E-state index in [1.807, 2.05) is 6.92 Å². The van der Waals surface area contributed by atoms with Crippen molar-refractivity contribution in [1.82, 2.24) is 19.7 Å². The number of aromatic nitrogens is 4. The average Bonchev–Trinajstić information content (AvgIpc) is 2.81. The van der Waals surface area contributed by atoms with Gasteiger partial charge in [0.25, 0.3) is 0 Å². The summed E-state index contributed by atoms with van der Waals surface area (Å²) in [6, 6.07) is 6.23. The number of halogens is 2. The van der Waals surface area contributed by atoms with Crippen molar-refractivity contribution < 1.29 is 4.39 Å². The molecule has 0 saturated heterocycles. The van der Waals surface area contributed by atoms with E-state index in [9.17, 15) is 4.39 Å². The molecule has 0 N–H and O–H groups in total. The van der Waals surface area contributed by atoms with E-state index >= 15 is 0 Å². The Morgan fingerprint density at radius 1 is 1.21 bits per heavy atom. The lowest BCUT2D eigenvalue weighted by molar-refractivity contribution is 0.575. The van der Waals surface area contributed by atoms with E-state index in [1.165, 1.54) is 18.3 Å². The van der Waals surface area contributed by atoms with Crippen LogP contribution in [0.3, 0.4) is 0 Å². The molecule has 0 aliphatic carbocycles. The molecule has 1 atom stereocenters. The molecule has 0 amide bonds. The Morgan fingerprint density at radius 2 is 1.95 bits per heavy atom. The predicted molar refractivity (Wildman–Crippen MR) is 70.5 cm³/mol. The maximum absolute atomic E-state index is 12.9. The van der Waals surface area contributed by atoms with Crippen molar-refractivity contribution in [2.45, 2.75) is 13.0 Å². The molecule has 3 rings (SSSR count). The highest BCUT2D eigenvalue weighted by Gasteiger charge is 2.14. The molecule has 0 fully saturated rings. The van der Waals surface area contributed by atoms with Crippen LogP contribution >= 0.6 is 11.6 Å². The van der Waals surface area contributed by atoms with Crippen LogP contribution in [0.25, 0.3) is 11.2 Å². The van der Waals surface area contributed by atoms with Gasteiger partial charge in [-0.25, -0.2) is 19.0 Å². The van der Waals surface area contributed by atoms with E-state index in [-0.39, 0.29) is 11.9 Å². The van der Waals surface area contributed by atoms with Gasteiger partial charge in [-0.2, -0.15) is 5.10 Å². The molecule has 6 heteroatoms. The van der Waals surface area contributed by atoms with E-state index in [0.717, 1.165) is 5.56 Å². The minimum atomic E-state index is -0.260. The third kappa shape index (κ3) is 2.17. The maximum atomic E-state index is 12.9. The number of nitrogens with zero attached hydrogens (tertiary/aromatic N) is 4. The zero-order chi connectivity index (χ0) is 13.4. The molecule has 4 nitrogen and oxygen atoms in total. The van der Waals surface area contributed by atoms with Crippen LogP contribution in [0.5, 0.6) is 0 Å². The highest BCUT2D eigenvalue weighted by atomic mass is 35.5. The minimum Gasteiger partial charge on any atom is -0.248 e. The fourth-order valence-corrected chi connectivity index (χ4v) is 2.09. The van der Waals surface area contributed by atoms with Gasteiger partial charge >= 0.3 is 0 Å². The molecular formula is C13H10ClFN4. The Labute approximate surface area is 113 Å². The first kappa shape index (κ1) is 12.0. The van der Waals surface area contributed by atoms with Gasteiger partial charge in [-0.05, 0) is 24.6 Å². The van der Waals surface area contributed by atoms with Gasteiger partial charge in [-0.15, -0.1) is 0 Å². The number of hydrogen-bond donors (Lipinski definition) is 0. The van der Waals surface area contributed by atoms with E-state index in [4.69, 9.17) is 11.6 Å². The molecule has 0 saturated carbocycles. The zero-order valence-electron chi connectivity index (χ0n) is 10.1. The van der Waals surface area contributed by atoms with Gasteiger partial charge in [0.1, 0.15) is 16.5 Å². The second-order valence-corrected chi connectivity index (χ2v) is 4.61. The summed E-state index contributed by atoms with van der Waals surface area (Å²) < 4.78 is 14.7. The second kappa shape index (κ2) is 4.59. The molecule has 2 aromatic heterocycles. The maximum Gasteiger partial charge on any atom is 0.178 e. The van der Waals surface area contributed by atoms with Gasteiger partial charge in [-0.1, -0.05) is 23.7 Å². The zero-order valence-corrected chi connectivity index (χ0v) is 10.8. The molecular weight excluding hydrogens is 267 g/mol. The van der Waals surface area contributed by atoms with Crippen LogP contribution in [0.1, 0.15) is 18.5 Å². The van der Waals surface area contributed by atoms with Crippen molar-refractivity contribution in [3.8, 4) is 0 Å². The summed E-state index contributed by atoms with van der Waals surface area (Å²) in [5.74, 6) is -0.260. The molecule has 1 unspecified atom stereocenters. The van der Waals surface area contributed by atoms with E-state index in [1.54, 1.807) is 23.0 Å². The molecule has 0 aliphatic heterocycles. The third-order valence-electron chi connectivity index (χ3n) is 2.99. The van der Waals surface area contributed by atoms with Crippen molar-refractivity contribution in [3.05, 3.63) is 53.2 Å². The summed E-state index contributed by atoms with van der Waals surface area (Å²) in [7, 11) is 0. The highest BCUT2D eigenvalue weighted by molar-refractivity contribution is 6.29. The number of hydrogen-bond acceptors (Lipinski definition) is 3. The Kier molecular flexibility index (Phi) is 2.91. The monoisotopic (exact) mass is 276 g/mol. The quantitative estimate of drug-likeness (QED) is 0.722. The minimum absolute atomic E-state index is 0.0779. The van der Waals surface area contributed by atoms with Gasteiger partial charge in [0.05, 0.1) is 18.4 Å². The Balaban J connectivity index is 2.08. The first-order chi connectivity index (χ1) is 9.15. The third-order valence-corrected chi connectivity index (χ3v) is 3.17. The van der Waals surface area contributed by atoms with Crippen LogP contribution in [-0.4, -0.2) is 19.7 Å². The van der Waals surface area contributed by atoms with Crippen LogP contribution in [0.4, 0.5) is 4.39 Å². The summed E-state index contributed by atoms with van der Waals surface area (Å²) in [6.45, 7) is 1.96. The number of benzene rings is 1. The molecule has 3 aromatic rings. The lowest BCUT2D eigenvalue weighted by atomic mass is 10.1. The fourth-order valence-electron chi connectivity index (χ4n) is 1.97. The van der Waals surface area contributed by atoms with Crippen LogP contribution in [-0.2, 0) is 0 Å². The van der Waals surface area contributed by atoms with Gasteiger partial charge in [0, 0.05) is 0 Å². The van der Waals surface area contributed by atoms with Crippen molar-refractivity contribution in [2.24, 2.45) is 0 Å². The predicted octanol–water partition coefficient (Wildman–Crippen LogP) is 3.23. The lowest BCUT2D eigenvalue weighted by Gasteiger charge is -2.13.